The van der Waals surface area contributed by atoms with Gasteiger partial charge in [-0.25, -0.2) is 29.3 Å². The first-order valence-electron chi connectivity index (χ1n) is 10.3. The first-order valence-corrected chi connectivity index (χ1v) is 10.3. The predicted molar refractivity (Wildman–Crippen MR) is 108 cm³/mol. The van der Waals surface area contributed by atoms with E-state index in [0.29, 0.717) is 37.5 Å². The number of rotatable bonds is 2. The van der Waals surface area contributed by atoms with Crippen molar-refractivity contribution in [2.24, 2.45) is 5.92 Å². The van der Waals surface area contributed by atoms with Crippen molar-refractivity contribution in [1.29, 1.82) is 0 Å². The van der Waals surface area contributed by atoms with E-state index >= 15 is 0 Å². The topological polar surface area (TPSA) is 108 Å². The highest BCUT2D eigenvalue weighted by Gasteiger charge is 2.46. The van der Waals surface area contributed by atoms with Gasteiger partial charge in [0, 0.05) is 37.4 Å². The molecular weight excluding hydrogens is 387 g/mol. The molecule has 2 fully saturated rings. The van der Waals surface area contributed by atoms with Crippen molar-refractivity contribution in [3.8, 4) is 11.4 Å². The number of fused-ring (bicyclic) bond motifs is 5. The highest BCUT2D eigenvalue weighted by Crippen LogP contribution is 2.44. The molecule has 5 heterocycles. The lowest BCUT2D eigenvalue weighted by atomic mass is 10.1. The van der Waals surface area contributed by atoms with Gasteiger partial charge in [0.1, 0.15) is 17.6 Å². The van der Waals surface area contributed by atoms with Crippen molar-refractivity contribution in [2.75, 3.05) is 23.8 Å². The Morgan fingerprint density at radius 1 is 1.17 bits per heavy atom. The smallest absolute Gasteiger partial charge is 0.219 e. The number of hydrogen-bond acceptors (Lipinski definition) is 8. The van der Waals surface area contributed by atoms with Crippen molar-refractivity contribution >= 4 is 22.9 Å². The summed E-state index contributed by atoms with van der Waals surface area (Å²) < 4.78 is 22.2. The van der Waals surface area contributed by atoms with E-state index in [4.69, 9.17) is 25.4 Å². The number of nitrogens with two attached hydrogens (primary N) is 1. The van der Waals surface area contributed by atoms with Gasteiger partial charge in [-0.1, -0.05) is 0 Å². The molecular formula is C20H23FN8O. The van der Waals surface area contributed by atoms with Crippen molar-refractivity contribution in [3.05, 3.63) is 18.2 Å². The van der Waals surface area contributed by atoms with Crippen LogP contribution in [-0.2, 0) is 16.9 Å². The van der Waals surface area contributed by atoms with Crippen LogP contribution in [0.4, 0.5) is 16.2 Å². The molecule has 2 aliphatic heterocycles. The summed E-state index contributed by atoms with van der Waals surface area (Å²) in [4.78, 5) is 25.0. The van der Waals surface area contributed by atoms with Crippen LogP contribution in [0.25, 0.3) is 22.6 Å². The van der Waals surface area contributed by atoms with Crippen LogP contribution < -0.4 is 10.6 Å². The third kappa shape index (κ3) is 2.52. The highest BCUT2D eigenvalue weighted by molar-refractivity contribution is 5.87. The maximum Gasteiger partial charge on any atom is 0.219 e. The maximum absolute atomic E-state index is 14.2. The van der Waals surface area contributed by atoms with Crippen LogP contribution in [0, 0.1) is 5.92 Å². The number of hydrogen-bond donors (Lipinski definition) is 1. The SMILES string of the molecule is CC1(C)OCCn2c1nc1c(N3CC4CC3C[C@H]4F)nc(-c3cnc(N)nc3)nc12. The summed E-state index contributed by atoms with van der Waals surface area (Å²) in [5.41, 5.74) is 7.32. The van der Waals surface area contributed by atoms with Gasteiger partial charge in [-0.05, 0) is 26.7 Å². The van der Waals surface area contributed by atoms with Gasteiger partial charge < -0.3 is 19.9 Å². The van der Waals surface area contributed by atoms with Crippen LogP contribution in [0.2, 0.25) is 0 Å². The van der Waals surface area contributed by atoms with Crippen LogP contribution in [0.5, 0.6) is 0 Å². The molecule has 2 N–H and O–H groups in total. The minimum Gasteiger partial charge on any atom is -0.368 e. The first kappa shape index (κ1) is 17.9. The Hall–Kier alpha value is -2.88. The molecule has 156 valence electrons. The van der Waals surface area contributed by atoms with Gasteiger partial charge in [-0.2, -0.15) is 0 Å². The van der Waals surface area contributed by atoms with Crippen LogP contribution in [-0.4, -0.2) is 54.9 Å². The molecule has 10 heteroatoms. The Morgan fingerprint density at radius 2 is 1.97 bits per heavy atom. The first-order chi connectivity index (χ1) is 14.4. The Labute approximate surface area is 172 Å². The lowest BCUT2D eigenvalue weighted by Crippen LogP contribution is -2.37. The molecule has 1 aliphatic carbocycles. The molecule has 1 saturated carbocycles. The number of piperidine rings is 1. The average Bonchev–Trinajstić information content (AvgIpc) is 3.40. The van der Waals surface area contributed by atoms with E-state index in [9.17, 15) is 4.39 Å². The fourth-order valence-electron chi connectivity index (χ4n) is 5.05. The van der Waals surface area contributed by atoms with Crippen LogP contribution in [0.3, 0.4) is 0 Å². The van der Waals surface area contributed by atoms with Crippen molar-refractivity contribution in [3.63, 3.8) is 0 Å². The van der Waals surface area contributed by atoms with Crippen molar-refractivity contribution < 1.29 is 9.13 Å². The number of ether oxygens (including phenoxy) is 1. The van der Waals surface area contributed by atoms with E-state index in [2.05, 4.69) is 19.4 Å². The van der Waals surface area contributed by atoms with E-state index in [1.807, 2.05) is 13.8 Å². The zero-order valence-corrected chi connectivity index (χ0v) is 16.9. The van der Waals surface area contributed by atoms with E-state index in [1.54, 1.807) is 12.4 Å². The van der Waals surface area contributed by atoms with Crippen LogP contribution in [0.15, 0.2) is 12.4 Å². The normalized spacial score (nSPS) is 27.0. The van der Waals surface area contributed by atoms with Gasteiger partial charge in [0.05, 0.1) is 12.2 Å². The Kier molecular flexibility index (Phi) is 3.63. The van der Waals surface area contributed by atoms with E-state index < -0.39 is 11.8 Å². The largest absolute Gasteiger partial charge is 0.368 e. The molecule has 0 aromatic carbocycles. The van der Waals surface area contributed by atoms with Gasteiger partial charge >= 0.3 is 0 Å². The highest BCUT2D eigenvalue weighted by atomic mass is 19.1. The molecule has 0 spiro atoms. The van der Waals surface area contributed by atoms with Crippen LogP contribution >= 0.6 is 0 Å². The molecule has 2 bridgehead atoms. The Balaban J connectivity index is 1.57. The number of aromatic nitrogens is 6. The number of halogens is 1. The Morgan fingerprint density at radius 3 is 2.67 bits per heavy atom. The quantitative estimate of drug-likeness (QED) is 0.684. The molecule has 9 nitrogen and oxygen atoms in total. The second-order valence-corrected chi connectivity index (χ2v) is 8.87. The fraction of sp³-hybridized carbons (Fsp3) is 0.550. The third-order valence-electron chi connectivity index (χ3n) is 6.55. The summed E-state index contributed by atoms with van der Waals surface area (Å²) >= 11 is 0. The van der Waals surface area contributed by atoms with Gasteiger partial charge in [0.25, 0.3) is 0 Å². The van der Waals surface area contributed by atoms with Gasteiger partial charge in [0.15, 0.2) is 22.8 Å². The van der Waals surface area contributed by atoms with Gasteiger partial charge in [-0.15, -0.1) is 0 Å². The summed E-state index contributed by atoms with van der Waals surface area (Å²) in [6.07, 6.45) is 3.92. The maximum atomic E-state index is 14.2. The molecule has 3 aromatic rings. The second-order valence-electron chi connectivity index (χ2n) is 8.87. The van der Waals surface area contributed by atoms with E-state index in [1.165, 1.54) is 0 Å². The molecule has 6 rings (SSSR count). The molecule has 30 heavy (non-hydrogen) atoms. The predicted octanol–water partition coefficient (Wildman–Crippen LogP) is 2.07. The number of nitrogen functional groups attached to an aromatic ring is 1. The summed E-state index contributed by atoms with van der Waals surface area (Å²) in [6, 6.07) is 0.140. The zero-order valence-electron chi connectivity index (χ0n) is 16.9. The Bertz CT molecular complexity index is 1140. The minimum atomic E-state index is -0.726. The average molecular weight is 410 g/mol. The number of anilines is 2. The lowest BCUT2D eigenvalue weighted by molar-refractivity contribution is -0.0530. The molecule has 0 radical (unpaired) electrons. The minimum absolute atomic E-state index is 0.0559. The molecule has 2 unspecified atom stereocenters. The molecule has 3 atom stereocenters. The molecule has 0 amide bonds. The lowest BCUT2D eigenvalue weighted by Gasteiger charge is -2.30. The van der Waals surface area contributed by atoms with E-state index in [-0.39, 0.29) is 17.9 Å². The monoisotopic (exact) mass is 410 g/mol. The molecule has 3 aliphatic rings. The van der Waals surface area contributed by atoms with E-state index in [0.717, 1.165) is 29.2 Å². The summed E-state index contributed by atoms with van der Waals surface area (Å²) in [6.45, 7) is 5.93. The summed E-state index contributed by atoms with van der Waals surface area (Å²) in [5, 5.41) is 0. The number of nitrogens with zero attached hydrogens (tertiary/aromatic N) is 7. The standard InChI is InChI=1S/C20H23FN8O/c1-20(2)18-25-14-16(28(18)3-4-30-20)26-15(11-7-23-19(22)24-8-11)27-17(14)29-9-10-5-12(29)6-13(10)21/h7-8,10,12-13H,3-6,9H2,1-2H3,(H2,22,23,24)/t10?,12?,13-/m1/s1. The van der Waals surface area contributed by atoms with Gasteiger partial charge in [-0.3, -0.25) is 0 Å². The molecule has 3 aromatic heterocycles. The number of imidazole rings is 1. The van der Waals surface area contributed by atoms with Gasteiger partial charge in [0.2, 0.25) is 5.95 Å². The van der Waals surface area contributed by atoms with Crippen molar-refractivity contribution in [1.82, 2.24) is 29.5 Å². The van der Waals surface area contributed by atoms with Crippen molar-refractivity contribution in [2.45, 2.75) is 51.0 Å². The molecule has 1 saturated heterocycles. The summed E-state index contributed by atoms with van der Waals surface area (Å²) in [7, 11) is 0. The summed E-state index contributed by atoms with van der Waals surface area (Å²) in [5.74, 6) is 2.36. The zero-order chi connectivity index (χ0) is 20.6. The fourth-order valence-corrected chi connectivity index (χ4v) is 5.05. The number of alkyl halides is 1. The third-order valence-corrected chi connectivity index (χ3v) is 6.55. The second kappa shape index (κ2) is 6.07. The van der Waals surface area contributed by atoms with Crippen LogP contribution in [0.1, 0.15) is 32.5 Å².